The molecule has 1 atom stereocenters. The Kier molecular flexibility index (Phi) is 5.20. The van der Waals surface area contributed by atoms with Crippen LogP contribution in [0.5, 0.6) is 0 Å². The Morgan fingerprint density at radius 3 is 2.32 bits per heavy atom. The third kappa shape index (κ3) is 5.05. The van der Waals surface area contributed by atoms with E-state index in [2.05, 4.69) is 31.2 Å². The Labute approximate surface area is 149 Å². The molecule has 2 rings (SSSR count). The van der Waals surface area contributed by atoms with Gasteiger partial charge in [0.2, 0.25) is 5.91 Å². The molecule has 1 aromatic rings. The van der Waals surface area contributed by atoms with E-state index in [0.29, 0.717) is 5.71 Å². The van der Waals surface area contributed by atoms with E-state index in [1.807, 2.05) is 44.2 Å². The van der Waals surface area contributed by atoms with Crippen molar-refractivity contribution in [2.24, 2.45) is 16.3 Å². The number of primary amides is 1. The molecule has 0 aromatic heterocycles. The average Bonchev–Trinajstić information content (AvgIpc) is 2.90. The number of benzene rings is 1. The number of hydrogen-bond acceptors (Lipinski definition) is 4. The van der Waals surface area contributed by atoms with Crippen molar-refractivity contribution >= 4 is 23.2 Å². The molecular formula is C19H28N4O2. The molecule has 136 valence electrons. The number of anilines is 1. The van der Waals surface area contributed by atoms with E-state index < -0.39 is 11.9 Å². The van der Waals surface area contributed by atoms with Gasteiger partial charge in [-0.2, -0.15) is 5.10 Å². The smallest absolute Gasteiger partial charge is 0.267 e. The molecule has 2 amide bonds. The van der Waals surface area contributed by atoms with Crippen molar-refractivity contribution in [2.75, 3.05) is 5.01 Å². The molecular weight excluding hydrogens is 316 g/mol. The first-order valence-electron chi connectivity index (χ1n) is 8.52. The summed E-state index contributed by atoms with van der Waals surface area (Å²) in [5, 5.41) is 8.95. The molecule has 3 N–H and O–H groups in total. The maximum Gasteiger partial charge on any atom is 0.267 e. The molecule has 6 heteroatoms. The van der Waals surface area contributed by atoms with Crippen LogP contribution < -0.4 is 16.1 Å². The summed E-state index contributed by atoms with van der Waals surface area (Å²) in [5.41, 5.74) is 6.29. The second-order valence-electron chi connectivity index (χ2n) is 8.42. The lowest BCUT2D eigenvalue weighted by Gasteiger charge is -2.33. The van der Waals surface area contributed by atoms with Gasteiger partial charge < -0.3 is 11.1 Å². The highest BCUT2D eigenvalue weighted by Gasteiger charge is 2.36. The van der Waals surface area contributed by atoms with Gasteiger partial charge >= 0.3 is 0 Å². The van der Waals surface area contributed by atoms with Crippen LogP contribution in [0.25, 0.3) is 0 Å². The number of carbonyl (C=O) groups is 2. The number of rotatable bonds is 5. The zero-order valence-corrected chi connectivity index (χ0v) is 15.7. The van der Waals surface area contributed by atoms with Gasteiger partial charge in [0.25, 0.3) is 5.91 Å². The van der Waals surface area contributed by atoms with Crippen LogP contribution in [0.15, 0.2) is 35.4 Å². The fourth-order valence-electron chi connectivity index (χ4n) is 3.44. The minimum Gasteiger partial charge on any atom is -0.368 e. The van der Waals surface area contributed by atoms with E-state index in [0.717, 1.165) is 12.1 Å². The largest absolute Gasteiger partial charge is 0.368 e. The van der Waals surface area contributed by atoms with Gasteiger partial charge in [-0.25, -0.2) is 0 Å². The van der Waals surface area contributed by atoms with Gasteiger partial charge in [-0.15, -0.1) is 0 Å². The van der Waals surface area contributed by atoms with Crippen LogP contribution in [0.4, 0.5) is 5.69 Å². The first-order valence-corrected chi connectivity index (χ1v) is 8.52. The average molecular weight is 344 g/mol. The maximum absolute atomic E-state index is 12.7. The van der Waals surface area contributed by atoms with Crippen molar-refractivity contribution in [3.05, 3.63) is 30.3 Å². The molecule has 6 nitrogen and oxygen atoms in total. The van der Waals surface area contributed by atoms with Crippen LogP contribution in [0.3, 0.4) is 0 Å². The van der Waals surface area contributed by atoms with Crippen LogP contribution in [-0.4, -0.2) is 29.1 Å². The number of amides is 2. The minimum atomic E-state index is -0.645. The number of nitrogens with one attached hydrogen (secondary N) is 1. The minimum absolute atomic E-state index is 0.0834. The molecule has 0 fully saturated rings. The quantitative estimate of drug-likeness (QED) is 0.860. The fraction of sp³-hybridized carbons (Fsp3) is 0.526. The van der Waals surface area contributed by atoms with E-state index in [1.165, 1.54) is 5.01 Å². The van der Waals surface area contributed by atoms with Crippen LogP contribution in [0, 0.1) is 5.41 Å². The first-order chi connectivity index (χ1) is 11.5. The highest BCUT2D eigenvalue weighted by Crippen LogP contribution is 2.28. The Balaban J connectivity index is 2.18. The normalized spacial score (nSPS) is 18.0. The van der Waals surface area contributed by atoms with Gasteiger partial charge in [0.15, 0.2) is 0 Å². The van der Waals surface area contributed by atoms with E-state index in [4.69, 9.17) is 5.73 Å². The molecule has 1 unspecified atom stereocenters. The summed E-state index contributed by atoms with van der Waals surface area (Å²) < 4.78 is 0. The second kappa shape index (κ2) is 6.86. The van der Waals surface area contributed by atoms with Gasteiger partial charge in [-0.05, 0) is 37.8 Å². The number of nitrogens with two attached hydrogens (primary N) is 1. The zero-order valence-electron chi connectivity index (χ0n) is 15.7. The first kappa shape index (κ1) is 19.0. The molecule has 0 saturated carbocycles. The summed E-state index contributed by atoms with van der Waals surface area (Å²) in [6.07, 6.45) is 1.03. The molecule has 0 aliphatic carbocycles. The molecule has 0 spiro atoms. The molecule has 1 aromatic carbocycles. The summed E-state index contributed by atoms with van der Waals surface area (Å²) in [6, 6.07) is 8.62. The number of hydrogen-bond donors (Lipinski definition) is 2. The number of para-hydroxylation sites is 1. The highest BCUT2D eigenvalue weighted by atomic mass is 16.2. The van der Waals surface area contributed by atoms with Crippen molar-refractivity contribution in [3.8, 4) is 0 Å². The molecule has 1 aliphatic rings. The lowest BCUT2D eigenvalue weighted by atomic mass is 9.81. The predicted molar refractivity (Wildman–Crippen MR) is 100 cm³/mol. The van der Waals surface area contributed by atoms with Gasteiger partial charge in [-0.3, -0.25) is 14.6 Å². The number of hydrazone groups is 1. The lowest BCUT2D eigenvalue weighted by molar-refractivity contribution is -0.119. The van der Waals surface area contributed by atoms with Crippen LogP contribution in [-0.2, 0) is 9.59 Å². The molecule has 0 radical (unpaired) electrons. The fourth-order valence-corrected chi connectivity index (χ4v) is 3.44. The highest BCUT2D eigenvalue weighted by molar-refractivity contribution is 6.40. The van der Waals surface area contributed by atoms with Gasteiger partial charge in [0, 0.05) is 12.0 Å². The Morgan fingerprint density at radius 2 is 1.80 bits per heavy atom. The molecule has 1 heterocycles. The SMILES string of the molecule is CC(C)(C)CC(C)(C)NC(=O)C1=NN(c2ccccc2)C(C(N)=O)C1. The standard InChI is InChI=1S/C19H28N4O2/c1-18(2,3)12-19(4,5)21-17(25)14-11-15(16(20)24)23(22-14)13-9-7-6-8-10-13/h6-10,15H,11-12H2,1-5H3,(H2,20,24)(H,21,25). The third-order valence-corrected chi connectivity index (χ3v) is 3.95. The Morgan fingerprint density at radius 1 is 1.20 bits per heavy atom. The van der Waals surface area contributed by atoms with E-state index in [9.17, 15) is 9.59 Å². The lowest BCUT2D eigenvalue weighted by Crippen LogP contribution is -2.48. The topological polar surface area (TPSA) is 87.8 Å². The van der Waals surface area contributed by atoms with E-state index in [-0.39, 0.29) is 23.3 Å². The molecule has 0 saturated heterocycles. The van der Waals surface area contributed by atoms with E-state index in [1.54, 1.807) is 0 Å². The van der Waals surface area contributed by atoms with Crippen LogP contribution >= 0.6 is 0 Å². The number of nitrogens with zero attached hydrogens (tertiary/aromatic N) is 2. The Bertz CT molecular complexity index is 674. The van der Waals surface area contributed by atoms with Crippen molar-refractivity contribution < 1.29 is 9.59 Å². The summed E-state index contributed by atoms with van der Waals surface area (Å²) >= 11 is 0. The number of carbonyl (C=O) groups excluding carboxylic acids is 2. The van der Waals surface area contributed by atoms with Gasteiger partial charge in [0.1, 0.15) is 11.8 Å². The predicted octanol–water partition coefficient (Wildman–Crippen LogP) is 2.44. The van der Waals surface area contributed by atoms with E-state index >= 15 is 0 Å². The third-order valence-electron chi connectivity index (χ3n) is 3.95. The van der Waals surface area contributed by atoms with Crippen molar-refractivity contribution in [3.63, 3.8) is 0 Å². The maximum atomic E-state index is 12.7. The second-order valence-corrected chi connectivity index (χ2v) is 8.42. The summed E-state index contributed by atoms with van der Waals surface area (Å²) in [6.45, 7) is 10.4. The van der Waals surface area contributed by atoms with Gasteiger partial charge in [-0.1, -0.05) is 39.0 Å². The van der Waals surface area contributed by atoms with Crippen molar-refractivity contribution in [1.82, 2.24) is 5.32 Å². The van der Waals surface area contributed by atoms with Crippen LogP contribution in [0.2, 0.25) is 0 Å². The van der Waals surface area contributed by atoms with Crippen molar-refractivity contribution in [2.45, 2.75) is 59.0 Å². The summed E-state index contributed by atoms with van der Waals surface area (Å²) in [5.74, 6) is -0.747. The zero-order chi connectivity index (χ0) is 18.8. The van der Waals surface area contributed by atoms with Crippen molar-refractivity contribution in [1.29, 1.82) is 0 Å². The molecule has 25 heavy (non-hydrogen) atoms. The monoisotopic (exact) mass is 344 g/mol. The Hall–Kier alpha value is -2.37. The summed E-state index contributed by atoms with van der Waals surface area (Å²) in [4.78, 5) is 24.5. The molecule has 0 bridgehead atoms. The summed E-state index contributed by atoms with van der Waals surface area (Å²) in [7, 11) is 0. The van der Waals surface area contributed by atoms with Crippen LogP contribution in [0.1, 0.15) is 47.5 Å². The molecule has 1 aliphatic heterocycles. The van der Waals surface area contributed by atoms with Gasteiger partial charge in [0.05, 0.1) is 5.69 Å².